The number of ether oxygens (including phenoxy) is 1. The van der Waals surface area contributed by atoms with Gasteiger partial charge in [0.1, 0.15) is 11.4 Å². The largest absolute Gasteiger partial charge is 0.443 e. The van der Waals surface area contributed by atoms with Crippen molar-refractivity contribution in [2.24, 2.45) is 0 Å². The quantitative estimate of drug-likeness (QED) is 0.765. The number of carbonyl (C=O) groups excluding carboxylic acids is 2. The second-order valence-electron chi connectivity index (χ2n) is 5.39. The molecular formula is C15H20BrNO3. The number of alkyl halides is 1. The molecule has 110 valence electrons. The Bertz CT molecular complexity index is 454. The van der Waals surface area contributed by atoms with Gasteiger partial charge in [0.2, 0.25) is 0 Å². The summed E-state index contributed by atoms with van der Waals surface area (Å²) in [5.74, 6) is 0.0505. The fourth-order valence-corrected chi connectivity index (χ4v) is 1.83. The first-order valence-corrected chi connectivity index (χ1v) is 7.59. The third-order valence-corrected chi connectivity index (χ3v) is 3.07. The van der Waals surface area contributed by atoms with Gasteiger partial charge in [-0.05, 0) is 32.9 Å². The van der Waals surface area contributed by atoms with Crippen LogP contribution in [-0.4, -0.2) is 29.4 Å². The van der Waals surface area contributed by atoms with E-state index in [4.69, 9.17) is 4.74 Å². The number of halogens is 1. The fraction of sp³-hybridized carbons (Fsp3) is 0.467. The van der Waals surface area contributed by atoms with Crippen molar-refractivity contribution in [2.75, 3.05) is 16.8 Å². The van der Waals surface area contributed by atoms with E-state index >= 15 is 0 Å². The highest BCUT2D eigenvalue weighted by Gasteiger charge is 2.23. The fourth-order valence-electron chi connectivity index (χ4n) is 1.55. The van der Waals surface area contributed by atoms with E-state index in [-0.39, 0.29) is 5.78 Å². The molecule has 0 atom stereocenters. The molecule has 0 spiro atoms. The lowest BCUT2D eigenvalue weighted by molar-refractivity contribution is -0.116. The molecular weight excluding hydrogens is 322 g/mol. The number of anilines is 1. The molecule has 0 fully saturated rings. The van der Waals surface area contributed by atoms with Gasteiger partial charge in [-0.3, -0.25) is 9.69 Å². The molecule has 1 aromatic rings. The molecule has 0 saturated heterocycles. The SMILES string of the molecule is CC(C)(C)OC(=O)N(CCC(=O)CBr)c1ccccc1. The Morgan fingerprint density at radius 2 is 1.80 bits per heavy atom. The second-order valence-corrected chi connectivity index (χ2v) is 5.95. The predicted molar refractivity (Wildman–Crippen MR) is 83.4 cm³/mol. The van der Waals surface area contributed by atoms with Gasteiger partial charge < -0.3 is 4.74 Å². The molecule has 0 aliphatic rings. The van der Waals surface area contributed by atoms with E-state index < -0.39 is 11.7 Å². The number of Topliss-reactive ketones (excluding diaryl/α,β-unsaturated/α-hetero) is 1. The summed E-state index contributed by atoms with van der Waals surface area (Å²) in [5.41, 5.74) is 0.160. The number of rotatable bonds is 5. The molecule has 0 N–H and O–H groups in total. The Hall–Kier alpha value is -1.36. The van der Waals surface area contributed by atoms with Gasteiger partial charge in [0.05, 0.1) is 5.33 Å². The first kappa shape index (κ1) is 16.7. The first-order chi connectivity index (χ1) is 9.33. The van der Waals surface area contributed by atoms with Gasteiger partial charge in [-0.15, -0.1) is 0 Å². The summed E-state index contributed by atoms with van der Waals surface area (Å²) in [4.78, 5) is 25.2. The average molecular weight is 342 g/mol. The van der Waals surface area contributed by atoms with Gasteiger partial charge in [0, 0.05) is 18.7 Å². The number of nitrogens with zero attached hydrogens (tertiary/aromatic N) is 1. The van der Waals surface area contributed by atoms with Crippen molar-refractivity contribution in [1.82, 2.24) is 0 Å². The maximum Gasteiger partial charge on any atom is 0.414 e. The Morgan fingerprint density at radius 1 is 1.20 bits per heavy atom. The van der Waals surface area contributed by atoms with Crippen molar-refractivity contribution >= 4 is 33.5 Å². The summed E-state index contributed by atoms with van der Waals surface area (Å²) >= 11 is 3.12. The second kappa shape index (κ2) is 7.43. The van der Waals surface area contributed by atoms with Crippen molar-refractivity contribution in [2.45, 2.75) is 32.8 Å². The molecule has 0 aliphatic carbocycles. The van der Waals surface area contributed by atoms with Crippen LogP contribution in [-0.2, 0) is 9.53 Å². The van der Waals surface area contributed by atoms with Crippen LogP contribution in [0.5, 0.6) is 0 Å². The third kappa shape index (κ3) is 5.74. The molecule has 5 heteroatoms. The molecule has 1 aromatic carbocycles. The molecule has 0 heterocycles. The zero-order chi connectivity index (χ0) is 15.2. The predicted octanol–water partition coefficient (Wildman–Crippen LogP) is 3.78. The maximum absolute atomic E-state index is 12.2. The van der Waals surface area contributed by atoms with Crippen molar-refractivity contribution in [3.63, 3.8) is 0 Å². The number of carbonyl (C=O) groups is 2. The molecule has 0 aromatic heterocycles. The average Bonchev–Trinajstić information content (AvgIpc) is 2.37. The van der Waals surface area contributed by atoms with Crippen LogP contribution in [0.1, 0.15) is 27.2 Å². The van der Waals surface area contributed by atoms with Crippen molar-refractivity contribution < 1.29 is 14.3 Å². The van der Waals surface area contributed by atoms with Crippen LogP contribution < -0.4 is 4.90 Å². The highest BCUT2D eigenvalue weighted by atomic mass is 79.9. The smallest absolute Gasteiger partial charge is 0.414 e. The molecule has 0 bridgehead atoms. The molecule has 0 unspecified atom stereocenters. The molecule has 0 saturated carbocycles. The molecule has 1 amide bonds. The van der Waals surface area contributed by atoms with Crippen LogP contribution in [0.15, 0.2) is 30.3 Å². The first-order valence-electron chi connectivity index (χ1n) is 6.46. The van der Waals surface area contributed by atoms with E-state index in [2.05, 4.69) is 15.9 Å². The molecule has 0 aliphatic heterocycles. The van der Waals surface area contributed by atoms with E-state index in [1.807, 2.05) is 51.1 Å². The lowest BCUT2D eigenvalue weighted by Crippen LogP contribution is -2.38. The van der Waals surface area contributed by atoms with E-state index in [1.54, 1.807) is 0 Å². The monoisotopic (exact) mass is 341 g/mol. The van der Waals surface area contributed by atoms with E-state index in [1.165, 1.54) is 4.90 Å². The zero-order valence-electron chi connectivity index (χ0n) is 12.1. The van der Waals surface area contributed by atoms with Gasteiger partial charge in [-0.1, -0.05) is 34.1 Å². The van der Waals surface area contributed by atoms with Crippen LogP contribution in [0, 0.1) is 0 Å². The number of benzene rings is 1. The van der Waals surface area contributed by atoms with Crippen LogP contribution in [0.3, 0.4) is 0 Å². The highest BCUT2D eigenvalue weighted by molar-refractivity contribution is 9.09. The summed E-state index contributed by atoms with van der Waals surface area (Å²) in [5, 5.41) is 0.296. The van der Waals surface area contributed by atoms with Gasteiger partial charge >= 0.3 is 6.09 Å². The van der Waals surface area contributed by atoms with Gasteiger partial charge in [-0.25, -0.2) is 4.79 Å². The number of ketones is 1. The van der Waals surface area contributed by atoms with E-state index in [0.717, 1.165) is 5.69 Å². The van der Waals surface area contributed by atoms with Crippen molar-refractivity contribution in [3.8, 4) is 0 Å². The minimum atomic E-state index is -0.566. The van der Waals surface area contributed by atoms with E-state index in [0.29, 0.717) is 18.3 Å². The number of amides is 1. The lowest BCUT2D eigenvalue weighted by atomic mass is 10.2. The highest BCUT2D eigenvalue weighted by Crippen LogP contribution is 2.18. The molecule has 1 rings (SSSR count). The molecule has 4 nitrogen and oxygen atoms in total. The maximum atomic E-state index is 12.2. The summed E-state index contributed by atoms with van der Waals surface area (Å²) < 4.78 is 5.38. The Labute approximate surface area is 128 Å². The standard InChI is InChI=1S/C15H20BrNO3/c1-15(2,3)20-14(19)17(10-9-13(18)11-16)12-7-5-4-6-8-12/h4-8H,9-11H2,1-3H3. The lowest BCUT2D eigenvalue weighted by Gasteiger charge is -2.27. The van der Waals surface area contributed by atoms with Gasteiger partial charge in [0.25, 0.3) is 0 Å². The van der Waals surface area contributed by atoms with Crippen molar-refractivity contribution in [1.29, 1.82) is 0 Å². The van der Waals surface area contributed by atoms with E-state index in [9.17, 15) is 9.59 Å². The third-order valence-electron chi connectivity index (χ3n) is 2.45. The number of hydrogen-bond donors (Lipinski definition) is 0. The van der Waals surface area contributed by atoms with Crippen LogP contribution in [0.25, 0.3) is 0 Å². The Balaban J connectivity index is 2.84. The van der Waals surface area contributed by atoms with Crippen molar-refractivity contribution in [3.05, 3.63) is 30.3 Å². The van der Waals surface area contributed by atoms with Gasteiger partial charge in [0.15, 0.2) is 0 Å². The number of hydrogen-bond acceptors (Lipinski definition) is 3. The van der Waals surface area contributed by atoms with Gasteiger partial charge in [-0.2, -0.15) is 0 Å². The Kier molecular flexibility index (Phi) is 6.20. The Morgan fingerprint density at radius 3 is 2.30 bits per heavy atom. The van der Waals surface area contributed by atoms with Crippen LogP contribution in [0.4, 0.5) is 10.5 Å². The van der Waals surface area contributed by atoms with Crippen LogP contribution in [0.2, 0.25) is 0 Å². The minimum Gasteiger partial charge on any atom is -0.443 e. The zero-order valence-corrected chi connectivity index (χ0v) is 13.6. The summed E-state index contributed by atoms with van der Waals surface area (Å²) in [7, 11) is 0. The topological polar surface area (TPSA) is 46.6 Å². The normalized spacial score (nSPS) is 11.0. The summed E-state index contributed by atoms with van der Waals surface area (Å²) in [6.07, 6.45) is -0.148. The number of para-hydroxylation sites is 1. The van der Waals surface area contributed by atoms with Crippen LogP contribution >= 0.6 is 15.9 Å². The molecule has 0 radical (unpaired) electrons. The summed E-state index contributed by atoms with van der Waals surface area (Å²) in [6.45, 7) is 5.76. The minimum absolute atomic E-state index is 0.0505. The summed E-state index contributed by atoms with van der Waals surface area (Å²) in [6, 6.07) is 9.21. The molecule has 20 heavy (non-hydrogen) atoms.